The molecule has 1 heterocycles. The minimum absolute atomic E-state index is 0.0785. The van der Waals surface area contributed by atoms with Crippen molar-refractivity contribution in [2.24, 2.45) is 0 Å². The topological polar surface area (TPSA) is 30.5 Å². The lowest BCUT2D eigenvalue weighted by Gasteiger charge is -2.14. The van der Waals surface area contributed by atoms with E-state index in [2.05, 4.69) is 18.2 Å². The molecule has 0 aromatic heterocycles. The zero-order chi connectivity index (χ0) is 13.7. The normalized spacial score (nSPS) is 15.4. The van der Waals surface area contributed by atoms with E-state index in [1.807, 2.05) is 12.1 Å². The van der Waals surface area contributed by atoms with Crippen LogP contribution >= 0.6 is 11.6 Å². The van der Waals surface area contributed by atoms with Gasteiger partial charge in [0.15, 0.2) is 11.5 Å². The summed E-state index contributed by atoms with van der Waals surface area (Å²) < 4.78 is 11.2. The first-order valence-corrected chi connectivity index (χ1v) is 6.90. The fourth-order valence-corrected chi connectivity index (χ4v) is 2.24. The van der Waals surface area contributed by atoms with E-state index in [1.54, 1.807) is 0 Å². The lowest BCUT2D eigenvalue weighted by molar-refractivity contribution is 0.297. The largest absolute Gasteiger partial charge is 0.489 e. The molecule has 0 bridgehead atoms. The van der Waals surface area contributed by atoms with E-state index in [0.717, 1.165) is 24.2 Å². The van der Waals surface area contributed by atoms with Gasteiger partial charge in [-0.1, -0.05) is 24.4 Å². The van der Waals surface area contributed by atoms with E-state index in [9.17, 15) is 0 Å². The Balaban J connectivity index is 2.13. The van der Waals surface area contributed by atoms with Gasteiger partial charge in [-0.2, -0.15) is 0 Å². The Morgan fingerprint density at radius 3 is 2.95 bits per heavy atom. The summed E-state index contributed by atoms with van der Waals surface area (Å²) >= 11 is 6.23. The molecule has 1 aliphatic rings. The van der Waals surface area contributed by atoms with Gasteiger partial charge in [0, 0.05) is 13.0 Å². The summed E-state index contributed by atoms with van der Waals surface area (Å²) in [6, 6.07) is 3.93. The van der Waals surface area contributed by atoms with Crippen molar-refractivity contribution in [3.05, 3.63) is 22.7 Å². The first-order chi connectivity index (χ1) is 9.24. The highest BCUT2D eigenvalue weighted by atomic mass is 35.5. The summed E-state index contributed by atoms with van der Waals surface area (Å²) in [7, 11) is 0. The summed E-state index contributed by atoms with van der Waals surface area (Å²) in [6.07, 6.45) is 7.19. The molecule has 0 spiro atoms. The highest BCUT2D eigenvalue weighted by Gasteiger charge is 2.15. The van der Waals surface area contributed by atoms with Crippen molar-refractivity contribution in [2.75, 3.05) is 13.2 Å². The summed E-state index contributed by atoms with van der Waals surface area (Å²) in [5.74, 6) is 4.07. The maximum Gasteiger partial charge on any atom is 0.179 e. The van der Waals surface area contributed by atoms with Crippen molar-refractivity contribution in [1.82, 2.24) is 5.32 Å². The van der Waals surface area contributed by atoms with E-state index >= 15 is 0 Å². The number of terminal acetylenes is 1. The number of rotatable bonds is 4. The first-order valence-electron chi connectivity index (χ1n) is 6.52. The Morgan fingerprint density at radius 2 is 2.21 bits per heavy atom. The smallest absolute Gasteiger partial charge is 0.179 e. The van der Waals surface area contributed by atoms with Crippen molar-refractivity contribution in [3.8, 4) is 23.8 Å². The molecule has 102 valence electrons. The Hall–Kier alpha value is -1.37. The molecule has 0 saturated heterocycles. The van der Waals surface area contributed by atoms with E-state index in [1.165, 1.54) is 0 Å². The highest BCUT2D eigenvalue weighted by molar-refractivity contribution is 6.32. The minimum Gasteiger partial charge on any atom is -0.489 e. The fourth-order valence-electron chi connectivity index (χ4n) is 1.95. The lowest BCUT2D eigenvalue weighted by Crippen LogP contribution is -2.26. The molecule has 1 N–H and O–H groups in total. The number of hydrogen-bond acceptors (Lipinski definition) is 3. The first kappa shape index (κ1) is 14.0. The summed E-state index contributed by atoms with van der Waals surface area (Å²) in [5, 5.41) is 3.88. The predicted molar refractivity (Wildman–Crippen MR) is 76.8 cm³/mol. The molecular formula is C15H18ClNO2. The molecule has 3 nitrogen and oxygen atoms in total. The third-order valence-electron chi connectivity index (χ3n) is 3.02. The van der Waals surface area contributed by atoms with E-state index in [0.29, 0.717) is 30.5 Å². The molecule has 0 amide bonds. The number of ether oxygens (including phenoxy) is 2. The standard InChI is InChI=1S/C15H18ClNO2/c1-3-12(4-2)17-10-11-8-13(16)15-14(9-11)18-6-5-7-19-15/h1,8-9,12,17H,4-7,10H2,2H3. The van der Waals surface area contributed by atoms with Crippen LogP contribution in [-0.4, -0.2) is 19.3 Å². The average molecular weight is 280 g/mol. The van der Waals surface area contributed by atoms with Crippen LogP contribution in [-0.2, 0) is 6.54 Å². The molecule has 1 aliphatic heterocycles. The van der Waals surface area contributed by atoms with Crippen LogP contribution in [0.5, 0.6) is 11.5 Å². The van der Waals surface area contributed by atoms with Gasteiger partial charge in [-0.25, -0.2) is 0 Å². The molecule has 1 unspecified atom stereocenters. The van der Waals surface area contributed by atoms with E-state index < -0.39 is 0 Å². The van der Waals surface area contributed by atoms with Crippen molar-refractivity contribution in [1.29, 1.82) is 0 Å². The van der Waals surface area contributed by atoms with Gasteiger partial charge < -0.3 is 9.47 Å². The van der Waals surface area contributed by atoms with Gasteiger partial charge in [-0.3, -0.25) is 5.32 Å². The van der Waals surface area contributed by atoms with Gasteiger partial charge in [0.1, 0.15) is 0 Å². The summed E-state index contributed by atoms with van der Waals surface area (Å²) in [4.78, 5) is 0. The van der Waals surface area contributed by atoms with E-state index in [-0.39, 0.29) is 6.04 Å². The zero-order valence-corrected chi connectivity index (χ0v) is 11.8. The molecule has 0 aliphatic carbocycles. The Labute approximate surface area is 119 Å². The molecule has 1 aromatic carbocycles. The summed E-state index contributed by atoms with van der Waals surface area (Å²) in [6.45, 7) is 4.01. The Morgan fingerprint density at radius 1 is 1.42 bits per heavy atom. The number of benzene rings is 1. The molecule has 2 rings (SSSR count). The Bertz CT molecular complexity index is 482. The number of fused-ring (bicyclic) bond motifs is 1. The van der Waals surface area contributed by atoms with Crippen molar-refractivity contribution in [2.45, 2.75) is 32.4 Å². The second-order valence-electron chi connectivity index (χ2n) is 4.46. The SMILES string of the molecule is C#CC(CC)NCc1cc(Cl)c2c(c1)OCCCO2. The second kappa shape index (κ2) is 6.70. The zero-order valence-electron chi connectivity index (χ0n) is 11.0. The molecule has 4 heteroatoms. The van der Waals surface area contributed by atoms with Gasteiger partial charge in [0.25, 0.3) is 0 Å². The molecule has 0 saturated carbocycles. The summed E-state index contributed by atoms with van der Waals surface area (Å²) in [5.41, 5.74) is 1.04. The van der Waals surface area contributed by atoms with Crippen LogP contribution in [0.2, 0.25) is 5.02 Å². The van der Waals surface area contributed by atoms with Crippen molar-refractivity contribution < 1.29 is 9.47 Å². The van der Waals surface area contributed by atoms with Crippen LogP contribution in [0.25, 0.3) is 0 Å². The van der Waals surface area contributed by atoms with Crippen LogP contribution in [0, 0.1) is 12.3 Å². The van der Waals surface area contributed by atoms with Gasteiger partial charge in [0.2, 0.25) is 0 Å². The van der Waals surface area contributed by atoms with Gasteiger partial charge >= 0.3 is 0 Å². The van der Waals surface area contributed by atoms with Crippen LogP contribution in [0.3, 0.4) is 0 Å². The van der Waals surface area contributed by atoms with Gasteiger partial charge in [-0.05, 0) is 24.1 Å². The van der Waals surface area contributed by atoms with Crippen molar-refractivity contribution in [3.63, 3.8) is 0 Å². The number of halogens is 1. The highest BCUT2D eigenvalue weighted by Crippen LogP contribution is 2.37. The van der Waals surface area contributed by atoms with Crippen LogP contribution in [0.4, 0.5) is 0 Å². The third kappa shape index (κ3) is 3.56. The van der Waals surface area contributed by atoms with E-state index in [4.69, 9.17) is 27.5 Å². The van der Waals surface area contributed by atoms with Crippen LogP contribution in [0.1, 0.15) is 25.3 Å². The molecule has 0 fully saturated rings. The quantitative estimate of drug-likeness (QED) is 0.860. The second-order valence-corrected chi connectivity index (χ2v) is 4.87. The maximum atomic E-state index is 6.23. The maximum absolute atomic E-state index is 6.23. The molecular weight excluding hydrogens is 262 g/mol. The lowest BCUT2D eigenvalue weighted by atomic mass is 10.1. The van der Waals surface area contributed by atoms with Crippen LogP contribution < -0.4 is 14.8 Å². The van der Waals surface area contributed by atoms with Gasteiger partial charge in [-0.15, -0.1) is 6.42 Å². The fraction of sp³-hybridized carbons (Fsp3) is 0.467. The molecule has 1 aromatic rings. The molecule has 1 atom stereocenters. The van der Waals surface area contributed by atoms with Crippen LogP contribution in [0.15, 0.2) is 12.1 Å². The predicted octanol–water partition coefficient (Wildman–Crippen LogP) is 3.00. The Kier molecular flexibility index (Phi) is 4.95. The van der Waals surface area contributed by atoms with Crippen molar-refractivity contribution >= 4 is 11.6 Å². The van der Waals surface area contributed by atoms with Gasteiger partial charge in [0.05, 0.1) is 24.3 Å². The number of nitrogens with one attached hydrogen (secondary N) is 1. The average Bonchev–Trinajstić information content (AvgIpc) is 2.65. The third-order valence-corrected chi connectivity index (χ3v) is 3.30. The molecule has 0 radical (unpaired) electrons. The minimum atomic E-state index is 0.0785. The molecule has 19 heavy (non-hydrogen) atoms. The number of hydrogen-bond donors (Lipinski definition) is 1. The monoisotopic (exact) mass is 279 g/mol.